The molecule has 0 saturated carbocycles. The van der Waals surface area contributed by atoms with E-state index in [0.29, 0.717) is 5.92 Å². The summed E-state index contributed by atoms with van der Waals surface area (Å²) in [6.07, 6.45) is 2.68. The molecule has 0 amide bonds. The molecule has 0 aromatic carbocycles. The fourth-order valence-electron chi connectivity index (χ4n) is 1.87. The molecule has 4 heteroatoms. The van der Waals surface area contributed by atoms with Gasteiger partial charge in [0.15, 0.2) is 0 Å². The van der Waals surface area contributed by atoms with E-state index in [4.69, 9.17) is 5.11 Å². The Balaban J connectivity index is 2.30. The van der Waals surface area contributed by atoms with Crippen molar-refractivity contribution in [1.29, 1.82) is 0 Å². The molecule has 0 bridgehead atoms. The van der Waals surface area contributed by atoms with Gasteiger partial charge in [-0.05, 0) is 19.3 Å². The molecule has 1 aliphatic carbocycles. The second-order valence-corrected chi connectivity index (χ2v) is 5.21. The van der Waals surface area contributed by atoms with Crippen LogP contribution in [-0.2, 0) is 11.2 Å². The van der Waals surface area contributed by atoms with Gasteiger partial charge in [-0.1, -0.05) is 13.8 Å². The van der Waals surface area contributed by atoms with Crippen molar-refractivity contribution in [2.45, 2.75) is 44.9 Å². The normalized spacial score (nSPS) is 21.3. The van der Waals surface area contributed by atoms with E-state index in [1.807, 2.05) is 0 Å². The highest BCUT2D eigenvalue weighted by atomic mass is 32.1. The molecule has 0 radical (unpaired) electrons. The minimum Gasteiger partial charge on any atom is -0.481 e. The summed E-state index contributed by atoms with van der Waals surface area (Å²) in [6, 6.07) is 0. The summed E-state index contributed by atoms with van der Waals surface area (Å²) in [5.41, 5.74) is 0.836. The summed E-state index contributed by atoms with van der Waals surface area (Å²) >= 11 is 1.70. The van der Waals surface area contributed by atoms with Crippen molar-refractivity contribution in [1.82, 2.24) is 4.98 Å². The molecule has 0 saturated heterocycles. The van der Waals surface area contributed by atoms with Crippen molar-refractivity contribution in [3.8, 4) is 0 Å². The number of aromatic nitrogens is 1. The zero-order valence-electron chi connectivity index (χ0n) is 8.99. The van der Waals surface area contributed by atoms with E-state index in [0.717, 1.165) is 30.0 Å². The number of fused-ring (bicyclic) bond motifs is 1. The lowest BCUT2D eigenvalue weighted by Gasteiger charge is -2.04. The summed E-state index contributed by atoms with van der Waals surface area (Å²) < 4.78 is 0. The number of rotatable bonds is 3. The average Bonchev–Trinajstić information content (AvgIpc) is 2.73. The van der Waals surface area contributed by atoms with Gasteiger partial charge in [-0.15, -0.1) is 11.3 Å². The molecule has 1 aliphatic rings. The third-order valence-electron chi connectivity index (χ3n) is 3.07. The molecule has 2 rings (SSSR count). The van der Waals surface area contributed by atoms with E-state index >= 15 is 0 Å². The van der Waals surface area contributed by atoms with Crippen LogP contribution in [-0.4, -0.2) is 16.1 Å². The van der Waals surface area contributed by atoms with E-state index < -0.39 is 5.97 Å². The van der Waals surface area contributed by atoms with E-state index in [2.05, 4.69) is 18.8 Å². The highest BCUT2D eigenvalue weighted by molar-refractivity contribution is 7.11. The summed E-state index contributed by atoms with van der Waals surface area (Å²) in [7, 11) is 0. The number of carbonyl (C=O) groups is 1. The average molecular weight is 225 g/mol. The third-order valence-corrected chi connectivity index (χ3v) is 4.43. The van der Waals surface area contributed by atoms with Crippen LogP contribution >= 0.6 is 11.3 Å². The van der Waals surface area contributed by atoms with Crippen LogP contribution in [0.4, 0.5) is 0 Å². The van der Waals surface area contributed by atoms with Crippen LogP contribution in [0.5, 0.6) is 0 Å². The Morgan fingerprint density at radius 1 is 1.73 bits per heavy atom. The molecule has 15 heavy (non-hydrogen) atoms. The van der Waals surface area contributed by atoms with Crippen LogP contribution in [0.25, 0.3) is 0 Å². The fourth-order valence-corrected chi connectivity index (χ4v) is 3.15. The molecular formula is C11H15NO2S. The van der Waals surface area contributed by atoms with Crippen molar-refractivity contribution < 1.29 is 9.90 Å². The maximum atomic E-state index is 11.0. The first kappa shape index (κ1) is 10.6. The summed E-state index contributed by atoms with van der Waals surface area (Å²) in [5, 5.41) is 10.1. The Labute approximate surface area is 93.2 Å². The monoisotopic (exact) mass is 225 g/mol. The summed E-state index contributed by atoms with van der Waals surface area (Å²) in [4.78, 5) is 16.7. The molecule has 1 heterocycles. The van der Waals surface area contributed by atoms with Gasteiger partial charge in [0, 0.05) is 10.8 Å². The van der Waals surface area contributed by atoms with E-state index in [1.165, 1.54) is 4.88 Å². The predicted octanol–water partition coefficient (Wildman–Crippen LogP) is 2.77. The molecule has 1 aromatic heterocycles. The molecule has 2 atom stereocenters. The van der Waals surface area contributed by atoms with Gasteiger partial charge in [-0.2, -0.15) is 0 Å². The molecule has 82 valence electrons. The Kier molecular flexibility index (Phi) is 2.78. The minimum absolute atomic E-state index is 0.353. The number of nitrogens with zero attached hydrogens (tertiary/aromatic N) is 1. The molecule has 1 aromatic rings. The van der Waals surface area contributed by atoms with Crippen molar-refractivity contribution in [3.05, 3.63) is 15.6 Å². The standard InChI is InChI=1S/C11H15NO2S/c1-3-6(2)10-12-9-7(11(13)14)4-5-8(9)15-10/h6-7H,3-5H2,1-2H3,(H,13,14). The molecule has 1 N–H and O–H groups in total. The molecule has 3 nitrogen and oxygen atoms in total. The van der Waals surface area contributed by atoms with Gasteiger partial charge in [0.2, 0.25) is 0 Å². The van der Waals surface area contributed by atoms with E-state index in [9.17, 15) is 4.79 Å². The van der Waals surface area contributed by atoms with Crippen LogP contribution in [0.2, 0.25) is 0 Å². The van der Waals surface area contributed by atoms with Crippen molar-refractivity contribution in [3.63, 3.8) is 0 Å². The lowest BCUT2D eigenvalue weighted by Crippen LogP contribution is -2.08. The number of aryl methyl sites for hydroxylation is 1. The van der Waals surface area contributed by atoms with Crippen molar-refractivity contribution in [2.75, 3.05) is 0 Å². The number of hydrogen-bond acceptors (Lipinski definition) is 3. The third kappa shape index (κ3) is 1.78. The quantitative estimate of drug-likeness (QED) is 0.860. The molecule has 0 aliphatic heterocycles. The first-order valence-corrected chi connectivity index (χ1v) is 6.17. The van der Waals surface area contributed by atoms with Gasteiger partial charge in [0.05, 0.1) is 10.7 Å². The van der Waals surface area contributed by atoms with Gasteiger partial charge in [-0.3, -0.25) is 4.79 Å². The first-order chi connectivity index (χ1) is 7.13. The fraction of sp³-hybridized carbons (Fsp3) is 0.636. The Morgan fingerprint density at radius 2 is 2.47 bits per heavy atom. The second kappa shape index (κ2) is 3.93. The topological polar surface area (TPSA) is 50.2 Å². The summed E-state index contributed by atoms with van der Waals surface area (Å²) in [6.45, 7) is 4.27. The zero-order chi connectivity index (χ0) is 11.0. The lowest BCUT2D eigenvalue weighted by atomic mass is 10.1. The maximum Gasteiger partial charge on any atom is 0.312 e. The largest absolute Gasteiger partial charge is 0.481 e. The SMILES string of the molecule is CCC(C)c1nc2c(s1)CCC2C(=O)O. The van der Waals surface area contributed by atoms with Gasteiger partial charge in [0.25, 0.3) is 0 Å². The highest BCUT2D eigenvalue weighted by Gasteiger charge is 2.32. The number of carboxylic acid groups (broad SMARTS) is 1. The molecular weight excluding hydrogens is 210 g/mol. The van der Waals surface area contributed by atoms with Gasteiger partial charge in [-0.25, -0.2) is 4.98 Å². The van der Waals surface area contributed by atoms with Crippen molar-refractivity contribution in [2.24, 2.45) is 0 Å². The van der Waals surface area contributed by atoms with Crippen LogP contribution in [0.15, 0.2) is 0 Å². The highest BCUT2D eigenvalue weighted by Crippen LogP contribution is 2.38. The number of thiazole rings is 1. The number of carboxylic acids is 1. The van der Waals surface area contributed by atoms with Crippen LogP contribution in [0.3, 0.4) is 0 Å². The lowest BCUT2D eigenvalue weighted by molar-refractivity contribution is -0.138. The van der Waals surface area contributed by atoms with Gasteiger partial charge in [0.1, 0.15) is 5.92 Å². The number of hydrogen-bond donors (Lipinski definition) is 1. The Hall–Kier alpha value is -0.900. The number of aliphatic carboxylic acids is 1. The minimum atomic E-state index is -0.727. The van der Waals surface area contributed by atoms with Crippen LogP contribution in [0, 0.1) is 0 Å². The van der Waals surface area contributed by atoms with Crippen LogP contribution in [0.1, 0.15) is 54.1 Å². The molecule has 2 unspecified atom stereocenters. The van der Waals surface area contributed by atoms with Gasteiger partial charge < -0.3 is 5.11 Å². The maximum absolute atomic E-state index is 11.0. The second-order valence-electron chi connectivity index (χ2n) is 4.10. The zero-order valence-corrected chi connectivity index (χ0v) is 9.80. The Morgan fingerprint density at radius 3 is 3.07 bits per heavy atom. The molecule has 0 spiro atoms. The van der Waals surface area contributed by atoms with E-state index in [1.54, 1.807) is 11.3 Å². The first-order valence-electron chi connectivity index (χ1n) is 5.35. The summed E-state index contributed by atoms with van der Waals surface area (Å²) in [5.74, 6) is -0.626. The Bertz CT molecular complexity index is 386. The van der Waals surface area contributed by atoms with Crippen LogP contribution < -0.4 is 0 Å². The van der Waals surface area contributed by atoms with Crippen molar-refractivity contribution >= 4 is 17.3 Å². The van der Waals surface area contributed by atoms with E-state index in [-0.39, 0.29) is 5.92 Å². The smallest absolute Gasteiger partial charge is 0.312 e. The predicted molar refractivity (Wildman–Crippen MR) is 59.5 cm³/mol. The van der Waals surface area contributed by atoms with Gasteiger partial charge >= 0.3 is 5.97 Å². The molecule has 0 fully saturated rings.